The largest absolute Gasteiger partial charge is 0.311 e. The van der Waals surface area contributed by atoms with E-state index in [0.717, 1.165) is 102 Å². The summed E-state index contributed by atoms with van der Waals surface area (Å²) in [6.45, 7) is 12.9. The van der Waals surface area contributed by atoms with Crippen molar-refractivity contribution in [2.75, 3.05) is 29.4 Å². The van der Waals surface area contributed by atoms with Gasteiger partial charge >= 0.3 is 0 Å². The van der Waals surface area contributed by atoms with Crippen LogP contribution in [0.2, 0.25) is 0 Å². The van der Waals surface area contributed by atoms with Crippen LogP contribution in [0.25, 0.3) is 109 Å². The quantitative estimate of drug-likeness (QED) is 0.0494. The highest BCUT2D eigenvalue weighted by atomic mass is 15.2. The van der Waals surface area contributed by atoms with Crippen molar-refractivity contribution in [1.82, 2.24) is 0 Å². The minimum Gasteiger partial charge on any atom is -0.311 e. The van der Waals surface area contributed by atoms with Crippen LogP contribution in [0.4, 0.5) is 102 Å². The Labute approximate surface area is 867 Å². The van der Waals surface area contributed by atoms with Crippen molar-refractivity contribution in [3.05, 3.63) is 591 Å². The number of hydrogen-bond acceptors (Lipinski definition) is 6. The Balaban J connectivity index is 0.000000129. The lowest BCUT2D eigenvalue weighted by Gasteiger charge is -2.29. The van der Waals surface area contributed by atoms with E-state index in [2.05, 4.69) is 629 Å². The number of anilines is 18. The highest BCUT2D eigenvalue weighted by Crippen LogP contribution is 2.52. The molecule has 148 heavy (non-hydrogen) atoms. The summed E-state index contributed by atoms with van der Waals surface area (Å²) in [6.07, 6.45) is 0. The van der Waals surface area contributed by atoms with E-state index in [1.54, 1.807) is 0 Å². The fourth-order valence-electron chi connectivity index (χ4n) is 21.4. The number of hydrogen-bond donors (Lipinski definition) is 0. The van der Waals surface area contributed by atoms with E-state index in [1.807, 2.05) is 0 Å². The van der Waals surface area contributed by atoms with Gasteiger partial charge in [-0.3, -0.25) is 0 Å². The Kier molecular flexibility index (Phi) is 26.1. The van der Waals surface area contributed by atoms with Gasteiger partial charge in [-0.2, -0.15) is 0 Å². The molecule has 6 heteroatoms. The number of nitrogens with zero attached hydrogens (tertiary/aromatic N) is 6. The molecule has 25 rings (SSSR count). The molecule has 0 amide bonds. The molecular weight excluding hydrogens is 1790 g/mol. The topological polar surface area (TPSA) is 19.4 Å². The van der Waals surface area contributed by atoms with Gasteiger partial charge in [-0.15, -0.1) is 0 Å². The van der Waals surface area contributed by atoms with Gasteiger partial charge < -0.3 is 29.4 Å². The van der Waals surface area contributed by atoms with Gasteiger partial charge in [0.2, 0.25) is 0 Å². The molecule has 0 N–H and O–H groups in total. The smallest absolute Gasteiger partial charge is 0.0540 e. The van der Waals surface area contributed by atoms with Crippen LogP contribution in [-0.2, 0) is 0 Å². The lowest BCUT2D eigenvalue weighted by atomic mass is 9.84. The van der Waals surface area contributed by atoms with E-state index in [9.17, 15) is 0 Å². The van der Waals surface area contributed by atoms with Crippen LogP contribution in [-0.4, -0.2) is 0 Å². The molecule has 0 bridgehead atoms. The maximum absolute atomic E-state index is 2.38. The number of rotatable bonds is 22. The third-order valence-electron chi connectivity index (χ3n) is 28.4. The molecule has 0 saturated heterocycles. The molecule has 0 saturated carbocycles. The van der Waals surface area contributed by atoms with Gasteiger partial charge in [-0.1, -0.05) is 363 Å². The van der Waals surface area contributed by atoms with Crippen molar-refractivity contribution >= 4 is 167 Å². The van der Waals surface area contributed by atoms with Gasteiger partial charge in [-0.05, 0) is 368 Å². The van der Waals surface area contributed by atoms with Crippen LogP contribution >= 0.6 is 0 Å². The summed E-state index contributed by atoms with van der Waals surface area (Å²) in [4.78, 5) is 14.1. The van der Waals surface area contributed by atoms with Crippen molar-refractivity contribution in [3.63, 3.8) is 0 Å². The Bertz CT molecular complexity index is 8450. The van der Waals surface area contributed by atoms with E-state index < -0.39 is 0 Å². The normalized spacial score (nSPS) is 11.2. The summed E-state index contributed by atoms with van der Waals surface area (Å²) in [5.41, 5.74) is 37.5. The van der Waals surface area contributed by atoms with Crippen LogP contribution in [0.15, 0.2) is 558 Å². The van der Waals surface area contributed by atoms with Crippen molar-refractivity contribution in [3.8, 4) is 44.5 Å². The first-order valence-electron chi connectivity index (χ1n) is 51.0. The van der Waals surface area contributed by atoms with E-state index in [-0.39, 0.29) is 0 Å². The van der Waals surface area contributed by atoms with Crippen molar-refractivity contribution in [2.45, 2.75) is 41.5 Å². The van der Waals surface area contributed by atoms with Crippen molar-refractivity contribution < 1.29 is 0 Å². The first-order chi connectivity index (χ1) is 72.9. The van der Waals surface area contributed by atoms with Crippen LogP contribution in [0, 0.1) is 41.5 Å². The van der Waals surface area contributed by atoms with Crippen molar-refractivity contribution in [2.24, 2.45) is 0 Å². The number of fused-ring (bicyclic) bond motifs is 3. The molecule has 0 atom stereocenters. The second kappa shape index (κ2) is 41.6. The minimum absolute atomic E-state index is 1.08. The number of aryl methyl sites for hydroxylation is 6. The maximum atomic E-state index is 2.38. The molecule has 708 valence electrons. The van der Waals surface area contributed by atoms with Crippen molar-refractivity contribution in [1.29, 1.82) is 0 Å². The lowest BCUT2D eigenvalue weighted by molar-refractivity contribution is 1.24. The third kappa shape index (κ3) is 18.9. The van der Waals surface area contributed by atoms with Gasteiger partial charge in [-0.25, -0.2) is 0 Å². The highest BCUT2D eigenvalue weighted by Gasteiger charge is 2.27. The van der Waals surface area contributed by atoms with Crippen LogP contribution in [0.1, 0.15) is 33.4 Å². The summed E-state index contributed by atoms with van der Waals surface area (Å²) >= 11 is 0. The van der Waals surface area contributed by atoms with Gasteiger partial charge in [0.15, 0.2) is 0 Å². The summed E-state index contributed by atoms with van der Waals surface area (Å²) in [7, 11) is 0. The van der Waals surface area contributed by atoms with E-state index in [4.69, 9.17) is 0 Å². The zero-order valence-corrected chi connectivity index (χ0v) is 83.8. The second-order valence-electron chi connectivity index (χ2n) is 38.4. The first kappa shape index (κ1) is 92.8. The maximum Gasteiger partial charge on any atom is 0.0540 e. The highest BCUT2D eigenvalue weighted by molar-refractivity contribution is 6.29. The second-order valence-corrected chi connectivity index (χ2v) is 38.4. The molecular formula is C142H110N6. The molecule has 25 aromatic rings. The molecule has 0 aliphatic heterocycles. The van der Waals surface area contributed by atoms with Gasteiger partial charge in [0.25, 0.3) is 0 Å². The molecule has 0 aromatic heterocycles. The molecule has 0 fully saturated rings. The Morgan fingerprint density at radius 1 is 0.122 bits per heavy atom. The molecule has 6 nitrogen and oxygen atoms in total. The molecule has 0 radical (unpaired) electrons. The van der Waals surface area contributed by atoms with Gasteiger partial charge in [0.1, 0.15) is 0 Å². The summed E-state index contributed by atoms with van der Waals surface area (Å²) in [6, 6.07) is 202. The van der Waals surface area contributed by atoms with E-state index in [1.165, 1.54) is 143 Å². The summed E-state index contributed by atoms with van der Waals surface area (Å²) in [5.74, 6) is 0. The predicted molar refractivity (Wildman–Crippen MR) is 634 cm³/mol. The Morgan fingerprint density at radius 2 is 0.351 bits per heavy atom. The Hall–Kier alpha value is -18.9. The molecule has 0 spiro atoms. The molecule has 25 aromatic carbocycles. The predicted octanol–water partition coefficient (Wildman–Crippen LogP) is 40.8. The van der Waals surface area contributed by atoms with E-state index in [0.29, 0.717) is 0 Å². The number of benzene rings is 25. The fourth-order valence-corrected chi connectivity index (χ4v) is 21.4. The van der Waals surface area contributed by atoms with Crippen LogP contribution < -0.4 is 29.4 Å². The SMILES string of the molecule is Cc1ccc(N(c2ccccc2)c2ccc3ccc4c(N(c5ccccc5)c5ccc(C)cc5)ccc5ccc2c3c54)cc1.Cc1cccc(N(c2ccc(N(c3ccccc3)c3ccc(-c4ccc(N(c5ccccc5)c5ccc(N(c6cccc(C)c6)c6cccc(C)c6)cc5)cc4)cc3)cc2)c2cccc(C)c2)c1.c1ccc(-c2ccc(-c3c4ccccc4c(-c4ccccc4)c4ccccc34)c3ccccc23)cc1. The summed E-state index contributed by atoms with van der Waals surface area (Å²) < 4.78 is 0. The monoisotopic (exact) mass is 1900 g/mol. The molecule has 0 heterocycles. The molecule has 0 aliphatic carbocycles. The van der Waals surface area contributed by atoms with Gasteiger partial charge in [0, 0.05) is 102 Å². The summed E-state index contributed by atoms with van der Waals surface area (Å²) in [5, 5.41) is 15.3. The zero-order chi connectivity index (χ0) is 99.9. The zero-order valence-electron chi connectivity index (χ0n) is 83.8. The lowest BCUT2D eigenvalue weighted by Crippen LogP contribution is -2.12. The average Bonchev–Trinajstić information content (AvgIpc) is 0.727. The number of para-hydroxylation sites is 4. The van der Waals surface area contributed by atoms with Crippen LogP contribution in [0.3, 0.4) is 0 Å². The van der Waals surface area contributed by atoms with Crippen LogP contribution in [0.5, 0.6) is 0 Å². The standard InChI is InChI=1S/C64H54N4.C42H32N2.C36H24/c1-47-15-11-23-61(43-47)67(62-24-12-16-48(2)44-62)59-39-35-57(36-40-59)65(53-19-7-5-8-20-53)55-31-27-51(28-32-55)52-29-33-56(34-30-52)66(54-21-9-6-10-22-54)58-37-41-60(42-38-58)68(63-25-13-17-49(3)45-63)64-26-14-18-50(4)46-64;1-29-13-21-35(22-14-29)43(33-9-5-3-6-10-33)39-27-19-31-18-26-38-40(28-20-32-17-25-37(39)41(31)42(32)38)44(34-11-7-4-8-12-34)36-23-15-30(2)16-24-36;1-3-13-25(14-4-1)27-23-24-34(29-18-8-7-17-28(27)29)36-32-21-11-9-19-30(32)35(26-15-5-2-6-16-26)31-20-10-12-22-33(31)36/h5-46H,1-4H3;3-28H,1-2H3;1-24H. The molecule has 0 aliphatic rings. The fraction of sp³-hybridized carbons (Fsp3) is 0.0423. The van der Waals surface area contributed by atoms with E-state index >= 15 is 0 Å². The van der Waals surface area contributed by atoms with Gasteiger partial charge in [0.05, 0.1) is 11.4 Å². The molecule has 0 unspecified atom stereocenters. The average molecular weight is 1900 g/mol. The first-order valence-corrected chi connectivity index (χ1v) is 51.0. The third-order valence-corrected chi connectivity index (χ3v) is 28.4. The Morgan fingerprint density at radius 3 is 0.676 bits per heavy atom. The minimum atomic E-state index is 1.08.